The monoisotopic (exact) mass is 749 g/mol. The Morgan fingerprint density at radius 3 is 2.32 bits per heavy atom. The quantitative estimate of drug-likeness (QED) is 0.101. The molecule has 3 rings (SSSR count). The highest BCUT2D eigenvalue weighted by molar-refractivity contribution is 5.70. The molecular formula is C42H72N2O9. The van der Waals surface area contributed by atoms with Gasteiger partial charge in [0.25, 0.3) is 0 Å². The second-order valence-electron chi connectivity index (χ2n) is 16.5. The molecule has 2 fully saturated rings. The smallest absolute Gasteiger partial charge is 0.410 e. The van der Waals surface area contributed by atoms with Crippen molar-refractivity contribution < 1.29 is 44.2 Å². The van der Waals surface area contributed by atoms with Gasteiger partial charge in [-0.25, -0.2) is 4.79 Å². The van der Waals surface area contributed by atoms with Crippen LogP contribution in [-0.2, 0) is 19.0 Å². The van der Waals surface area contributed by atoms with E-state index in [1.165, 1.54) is 19.3 Å². The zero-order valence-corrected chi connectivity index (χ0v) is 33.9. The summed E-state index contributed by atoms with van der Waals surface area (Å²) in [6.07, 6.45) is 11.4. The largest absolute Gasteiger partial charge is 0.457 e. The standard InChI is InChI=1S/C42H72N2O9/c1-9-35(46)31(5)32(6)36(47)28-41(7,50)21-14-15-29(3)39-30(4)16-17-37(42(8,51-10-2)22-18-34(45)27-38(48)53-39)52-40(49)44-25-19-33(20-26-44)43-23-12-11-13-24-43/h14-17,21,30-37,39,45-47,50H,9-13,18-20,22-28H2,1-8H3. The number of ether oxygens (including phenoxy) is 3. The predicted octanol–water partition coefficient (Wildman–Crippen LogP) is 5.93. The molecule has 0 aromatic heterocycles. The van der Waals surface area contributed by atoms with Crippen molar-refractivity contribution in [1.29, 1.82) is 0 Å². The first kappa shape index (κ1) is 45.1. The highest BCUT2D eigenvalue weighted by atomic mass is 16.6. The van der Waals surface area contributed by atoms with Crippen molar-refractivity contribution in [3.63, 3.8) is 0 Å². The highest BCUT2D eigenvalue weighted by Crippen LogP contribution is 2.32. The molecule has 4 N–H and O–H groups in total. The van der Waals surface area contributed by atoms with Crippen LogP contribution in [-0.4, -0.2) is 123 Å². The van der Waals surface area contributed by atoms with Crippen LogP contribution >= 0.6 is 0 Å². The predicted molar refractivity (Wildman–Crippen MR) is 207 cm³/mol. The summed E-state index contributed by atoms with van der Waals surface area (Å²) in [6, 6.07) is 0.498. The van der Waals surface area contributed by atoms with E-state index in [1.54, 1.807) is 30.1 Å². The van der Waals surface area contributed by atoms with Crippen LogP contribution in [0.25, 0.3) is 0 Å². The molecule has 1 amide bonds. The number of hydrogen-bond donors (Lipinski definition) is 4. The van der Waals surface area contributed by atoms with E-state index in [0.717, 1.165) is 25.9 Å². The molecule has 0 aromatic carbocycles. The maximum absolute atomic E-state index is 13.7. The molecule has 304 valence electrons. The number of piperidine rings is 2. The molecule has 0 saturated carbocycles. The number of likely N-dealkylation sites (tertiary alicyclic amines) is 2. The first-order chi connectivity index (χ1) is 25.0. The van der Waals surface area contributed by atoms with E-state index in [9.17, 15) is 30.0 Å². The van der Waals surface area contributed by atoms with Gasteiger partial charge in [0.05, 0.1) is 30.3 Å². The van der Waals surface area contributed by atoms with Gasteiger partial charge < -0.3 is 44.4 Å². The van der Waals surface area contributed by atoms with Gasteiger partial charge in [-0.05, 0) is 109 Å². The molecule has 53 heavy (non-hydrogen) atoms. The second kappa shape index (κ2) is 21.1. The number of nitrogens with zero attached hydrogens (tertiary/aromatic N) is 2. The maximum atomic E-state index is 13.7. The van der Waals surface area contributed by atoms with Crippen LogP contribution in [0.3, 0.4) is 0 Å². The minimum atomic E-state index is -1.33. The van der Waals surface area contributed by atoms with E-state index < -0.39 is 47.7 Å². The average Bonchev–Trinajstić information content (AvgIpc) is 3.13. The minimum absolute atomic E-state index is 0.0862. The molecule has 10 atom stereocenters. The Morgan fingerprint density at radius 1 is 1.06 bits per heavy atom. The van der Waals surface area contributed by atoms with Gasteiger partial charge >= 0.3 is 12.1 Å². The van der Waals surface area contributed by atoms with E-state index in [2.05, 4.69) is 4.90 Å². The molecule has 3 aliphatic rings. The normalized spacial score (nSPS) is 31.1. The Labute approximate surface area is 319 Å². The Hall–Kier alpha value is -2.28. The number of hydrogen-bond acceptors (Lipinski definition) is 10. The number of amides is 1. The van der Waals surface area contributed by atoms with Crippen molar-refractivity contribution in [3.05, 3.63) is 36.0 Å². The lowest BCUT2D eigenvalue weighted by Gasteiger charge is -2.41. The molecule has 11 heteroatoms. The van der Waals surface area contributed by atoms with E-state index in [-0.39, 0.29) is 43.1 Å². The Kier molecular flexibility index (Phi) is 18.0. The van der Waals surface area contributed by atoms with Gasteiger partial charge in [0.1, 0.15) is 11.7 Å². The third kappa shape index (κ3) is 13.8. The summed E-state index contributed by atoms with van der Waals surface area (Å²) < 4.78 is 18.5. The SMILES string of the molecule is CCOC1(C)CCC(O)CC(=O)OC(C(C)=CC=CC(C)(O)CC(O)C(C)C(C)C(O)CC)C(C)C=CC1OC(=O)N1CCC(N2CCCCC2)CC1. The maximum Gasteiger partial charge on any atom is 0.410 e. The lowest BCUT2D eigenvalue weighted by atomic mass is 9.81. The van der Waals surface area contributed by atoms with E-state index in [1.807, 2.05) is 60.6 Å². The number of cyclic esters (lactones) is 1. The van der Waals surface area contributed by atoms with E-state index in [0.29, 0.717) is 44.2 Å². The molecule has 10 unspecified atom stereocenters. The summed E-state index contributed by atoms with van der Waals surface area (Å²) in [5, 5.41) is 43.1. The fourth-order valence-corrected chi connectivity index (χ4v) is 8.06. The Morgan fingerprint density at radius 2 is 1.70 bits per heavy atom. The van der Waals surface area contributed by atoms with Crippen LogP contribution in [0.5, 0.6) is 0 Å². The van der Waals surface area contributed by atoms with Crippen molar-refractivity contribution in [1.82, 2.24) is 9.80 Å². The summed E-state index contributed by atoms with van der Waals surface area (Å²) >= 11 is 0. The Balaban J connectivity index is 1.79. The van der Waals surface area contributed by atoms with Crippen LogP contribution in [0.4, 0.5) is 4.79 Å². The third-order valence-electron chi connectivity index (χ3n) is 12.0. The lowest BCUT2D eigenvalue weighted by Crippen LogP contribution is -2.51. The molecule has 0 bridgehead atoms. The molecule has 3 aliphatic heterocycles. The number of aliphatic hydroxyl groups is 4. The summed E-state index contributed by atoms with van der Waals surface area (Å²) in [5.41, 5.74) is -1.57. The first-order valence-electron chi connectivity index (χ1n) is 20.3. The van der Waals surface area contributed by atoms with E-state index in [4.69, 9.17) is 14.2 Å². The van der Waals surface area contributed by atoms with Gasteiger partial charge in [-0.15, -0.1) is 0 Å². The minimum Gasteiger partial charge on any atom is -0.457 e. The molecule has 0 radical (unpaired) electrons. The topological polar surface area (TPSA) is 149 Å². The number of carbonyl (C=O) groups excluding carboxylic acids is 2. The third-order valence-corrected chi connectivity index (χ3v) is 12.0. The number of allylic oxidation sites excluding steroid dienone is 2. The number of carbonyl (C=O) groups is 2. The van der Waals surface area contributed by atoms with Crippen molar-refractivity contribution in [2.75, 3.05) is 32.8 Å². The van der Waals surface area contributed by atoms with Crippen molar-refractivity contribution in [2.24, 2.45) is 17.8 Å². The molecule has 3 heterocycles. The zero-order valence-electron chi connectivity index (χ0n) is 33.9. The summed E-state index contributed by atoms with van der Waals surface area (Å²) in [7, 11) is 0. The van der Waals surface area contributed by atoms with E-state index >= 15 is 0 Å². The summed E-state index contributed by atoms with van der Waals surface area (Å²) in [6.45, 7) is 18.8. The van der Waals surface area contributed by atoms with Gasteiger partial charge in [0.2, 0.25) is 0 Å². The molecule has 0 spiro atoms. The van der Waals surface area contributed by atoms with Crippen molar-refractivity contribution >= 4 is 12.1 Å². The van der Waals surface area contributed by atoms with Gasteiger partial charge in [-0.1, -0.05) is 58.4 Å². The van der Waals surface area contributed by atoms with Gasteiger partial charge in [0.15, 0.2) is 6.10 Å². The number of aliphatic hydroxyl groups excluding tert-OH is 3. The van der Waals surface area contributed by atoms with Crippen LogP contribution < -0.4 is 0 Å². The molecule has 2 saturated heterocycles. The van der Waals surface area contributed by atoms with Gasteiger partial charge in [0, 0.05) is 38.1 Å². The van der Waals surface area contributed by atoms with Crippen LogP contribution in [0.15, 0.2) is 36.0 Å². The lowest BCUT2D eigenvalue weighted by molar-refractivity contribution is -0.152. The summed E-state index contributed by atoms with van der Waals surface area (Å²) in [4.78, 5) is 31.1. The fourth-order valence-electron chi connectivity index (χ4n) is 8.06. The van der Waals surface area contributed by atoms with Crippen molar-refractivity contribution in [2.45, 2.75) is 167 Å². The molecule has 0 aliphatic carbocycles. The first-order valence-corrected chi connectivity index (χ1v) is 20.3. The Bertz CT molecular complexity index is 1220. The molecule has 0 aromatic rings. The van der Waals surface area contributed by atoms with Gasteiger partial charge in [-0.3, -0.25) is 4.79 Å². The van der Waals surface area contributed by atoms with Crippen molar-refractivity contribution in [3.8, 4) is 0 Å². The van der Waals surface area contributed by atoms with Gasteiger partial charge in [-0.2, -0.15) is 0 Å². The summed E-state index contributed by atoms with van der Waals surface area (Å²) in [5.74, 6) is -1.22. The fraction of sp³-hybridized carbons (Fsp3) is 0.810. The molecule has 11 nitrogen and oxygen atoms in total. The molecular weight excluding hydrogens is 676 g/mol. The number of esters is 1. The van der Waals surface area contributed by atoms with Crippen LogP contribution in [0.1, 0.15) is 120 Å². The average molecular weight is 749 g/mol. The van der Waals surface area contributed by atoms with Crippen LogP contribution in [0.2, 0.25) is 0 Å². The number of rotatable bonds is 13. The second-order valence-corrected chi connectivity index (χ2v) is 16.5. The highest BCUT2D eigenvalue weighted by Gasteiger charge is 2.40. The zero-order chi connectivity index (χ0) is 39.3. The van der Waals surface area contributed by atoms with Crippen LogP contribution in [0, 0.1) is 17.8 Å².